The molecule has 2 fully saturated rings. The van der Waals surface area contributed by atoms with Gasteiger partial charge in [-0.05, 0) is 38.8 Å². The minimum Gasteiger partial charge on any atom is -0.348 e. The highest BCUT2D eigenvalue weighted by molar-refractivity contribution is 5.85. The summed E-state index contributed by atoms with van der Waals surface area (Å²) in [5, 5.41) is 11.7. The van der Waals surface area contributed by atoms with Crippen LogP contribution in [0.4, 0.5) is 5.82 Å². The van der Waals surface area contributed by atoms with Gasteiger partial charge in [0.25, 0.3) is 0 Å². The Kier molecular flexibility index (Phi) is 5.53. The van der Waals surface area contributed by atoms with Crippen molar-refractivity contribution < 1.29 is 0 Å². The van der Waals surface area contributed by atoms with Crippen molar-refractivity contribution >= 4 is 23.9 Å². The standard InChI is InChI=1S/C16H25N7.ClH/c1-13-10-21(11-14-2-4-17-5-3-14)8-9-23(13)15-16-20-19-12-22(16)7-6-18-15;/h6-7,12-14,17H,2-5,8-11H2,1H3;1H. The van der Waals surface area contributed by atoms with Crippen molar-refractivity contribution in [2.45, 2.75) is 25.8 Å². The van der Waals surface area contributed by atoms with Crippen LogP contribution in [0.25, 0.3) is 5.65 Å². The van der Waals surface area contributed by atoms with Crippen LogP contribution in [-0.4, -0.2) is 69.8 Å². The molecule has 8 heteroatoms. The van der Waals surface area contributed by atoms with Crippen LogP contribution in [-0.2, 0) is 0 Å². The SMILES string of the molecule is CC1CN(CC2CCNCC2)CCN1c1nccn2cnnc12.Cl. The minimum absolute atomic E-state index is 0. The summed E-state index contributed by atoms with van der Waals surface area (Å²) in [7, 11) is 0. The monoisotopic (exact) mass is 351 g/mol. The van der Waals surface area contributed by atoms with Crippen LogP contribution >= 0.6 is 12.4 Å². The molecule has 2 aliphatic rings. The first-order valence-corrected chi connectivity index (χ1v) is 8.65. The summed E-state index contributed by atoms with van der Waals surface area (Å²) in [6.45, 7) is 9.09. The number of hydrogen-bond acceptors (Lipinski definition) is 6. The maximum Gasteiger partial charge on any atom is 0.203 e. The van der Waals surface area contributed by atoms with Crippen molar-refractivity contribution in [2.75, 3.05) is 44.2 Å². The normalized spacial score (nSPS) is 23.4. The molecule has 2 aliphatic heterocycles. The van der Waals surface area contributed by atoms with Crippen molar-refractivity contribution in [3.63, 3.8) is 0 Å². The molecule has 2 aromatic rings. The molecule has 132 valence electrons. The molecule has 0 spiro atoms. The van der Waals surface area contributed by atoms with Crippen molar-refractivity contribution in [1.29, 1.82) is 0 Å². The number of fused-ring (bicyclic) bond motifs is 1. The van der Waals surface area contributed by atoms with E-state index in [1.165, 1.54) is 32.5 Å². The van der Waals surface area contributed by atoms with Crippen LogP contribution in [0.1, 0.15) is 19.8 Å². The fraction of sp³-hybridized carbons (Fsp3) is 0.688. The van der Waals surface area contributed by atoms with Gasteiger partial charge in [0.15, 0.2) is 5.82 Å². The molecule has 1 N–H and O–H groups in total. The van der Waals surface area contributed by atoms with E-state index in [1.807, 2.05) is 16.8 Å². The molecule has 0 aromatic carbocycles. The second-order valence-corrected chi connectivity index (χ2v) is 6.81. The minimum atomic E-state index is 0. The van der Waals surface area contributed by atoms with E-state index in [9.17, 15) is 0 Å². The molecule has 2 saturated heterocycles. The zero-order chi connectivity index (χ0) is 15.6. The van der Waals surface area contributed by atoms with E-state index in [-0.39, 0.29) is 12.4 Å². The van der Waals surface area contributed by atoms with Gasteiger partial charge in [-0.2, -0.15) is 0 Å². The van der Waals surface area contributed by atoms with E-state index in [0.29, 0.717) is 6.04 Å². The third kappa shape index (κ3) is 3.48. The molecular formula is C16H26ClN7. The zero-order valence-electron chi connectivity index (χ0n) is 14.1. The average molecular weight is 352 g/mol. The fourth-order valence-electron chi connectivity index (χ4n) is 3.89. The highest BCUT2D eigenvalue weighted by Gasteiger charge is 2.28. The molecule has 4 heterocycles. The maximum atomic E-state index is 4.57. The van der Waals surface area contributed by atoms with Crippen LogP contribution in [0.2, 0.25) is 0 Å². The molecule has 24 heavy (non-hydrogen) atoms. The zero-order valence-corrected chi connectivity index (χ0v) is 15.0. The molecular weight excluding hydrogens is 326 g/mol. The number of piperidine rings is 1. The predicted octanol–water partition coefficient (Wildman–Crippen LogP) is 1.06. The average Bonchev–Trinajstić information content (AvgIpc) is 3.05. The van der Waals surface area contributed by atoms with Crippen molar-refractivity contribution in [2.24, 2.45) is 5.92 Å². The topological polar surface area (TPSA) is 61.6 Å². The Balaban J connectivity index is 0.00000169. The van der Waals surface area contributed by atoms with Crippen molar-refractivity contribution in [1.82, 2.24) is 29.8 Å². The quantitative estimate of drug-likeness (QED) is 0.892. The summed E-state index contributed by atoms with van der Waals surface area (Å²) in [5.74, 6) is 1.81. The Morgan fingerprint density at radius 2 is 2.08 bits per heavy atom. The fourth-order valence-corrected chi connectivity index (χ4v) is 3.89. The van der Waals surface area contributed by atoms with Crippen LogP contribution in [0.15, 0.2) is 18.7 Å². The Hall–Kier alpha value is -1.44. The number of hydrogen-bond donors (Lipinski definition) is 1. The van der Waals surface area contributed by atoms with E-state index in [0.717, 1.165) is 37.0 Å². The number of rotatable bonds is 3. The summed E-state index contributed by atoms with van der Waals surface area (Å²) in [5.41, 5.74) is 0.853. The molecule has 0 amide bonds. The largest absolute Gasteiger partial charge is 0.348 e. The van der Waals surface area contributed by atoms with Crippen LogP contribution < -0.4 is 10.2 Å². The van der Waals surface area contributed by atoms with Gasteiger partial charge >= 0.3 is 0 Å². The number of nitrogens with zero attached hydrogens (tertiary/aromatic N) is 6. The Bertz CT molecular complexity index is 655. The van der Waals surface area contributed by atoms with Crippen LogP contribution in [0.3, 0.4) is 0 Å². The van der Waals surface area contributed by atoms with E-state index in [4.69, 9.17) is 0 Å². The van der Waals surface area contributed by atoms with Crippen molar-refractivity contribution in [3.05, 3.63) is 18.7 Å². The van der Waals surface area contributed by atoms with E-state index >= 15 is 0 Å². The lowest BCUT2D eigenvalue weighted by molar-refractivity contribution is 0.178. The maximum absolute atomic E-state index is 4.57. The van der Waals surface area contributed by atoms with Gasteiger partial charge < -0.3 is 10.2 Å². The number of nitrogens with one attached hydrogen (secondary N) is 1. The van der Waals surface area contributed by atoms with Gasteiger partial charge in [0.2, 0.25) is 5.65 Å². The lowest BCUT2D eigenvalue weighted by Crippen LogP contribution is -2.53. The third-order valence-corrected chi connectivity index (χ3v) is 5.16. The van der Waals surface area contributed by atoms with Crippen LogP contribution in [0, 0.1) is 5.92 Å². The lowest BCUT2D eigenvalue weighted by atomic mass is 9.97. The number of halogens is 1. The second kappa shape index (κ2) is 7.63. The summed E-state index contributed by atoms with van der Waals surface area (Å²) < 4.78 is 1.94. The number of aromatic nitrogens is 4. The summed E-state index contributed by atoms with van der Waals surface area (Å²) in [4.78, 5) is 9.57. The molecule has 7 nitrogen and oxygen atoms in total. The smallest absolute Gasteiger partial charge is 0.203 e. The van der Waals surface area contributed by atoms with Gasteiger partial charge in [0.05, 0.1) is 0 Å². The van der Waals surface area contributed by atoms with Gasteiger partial charge in [-0.25, -0.2) is 4.98 Å². The summed E-state index contributed by atoms with van der Waals surface area (Å²) in [6.07, 6.45) is 8.10. The molecule has 0 aliphatic carbocycles. The highest BCUT2D eigenvalue weighted by Crippen LogP contribution is 2.23. The first-order valence-electron chi connectivity index (χ1n) is 8.65. The Labute approximate surface area is 148 Å². The second-order valence-electron chi connectivity index (χ2n) is 6.81. The van der Waals surface area contributed by atoms with Crippen molar-refractivity contribution in [3.8, 4) is 0 Å². The van der Waals surface area contributed by atoms with E-state index in [2.05, 4.69) is 37.2 Å². The van der Waals surface area contributed by atoms with Gasteiger partial charge in [0, 0.05) is 44.6 Å². The number of piperazine rings is 1. The van der Waals surface area contributed by atoms with Crippen LogP contribution in [0.5, 0.6) is 0 Å². The molecule has 1 atom stereocenters. The molecule has 0 bridgehead atoms. The van der Waals surface area contributed by atoms with Gasteiger partial charge in [-0.3, -0.25) is 9.30 Å². The number of anilines is 1. The molecule has 0 radical (unpaired) electrons. The Morgan fingerprint density at radius 3 is 2.88 bits per heavy atom. The molecule has 2 aromatic heterocycles. The first kappa shape index (κ1) is 17.4. The van der Waals surface area contributed by atoms with E-state index in [1.54, 1.807) is 6.33 Å². The summed E-state index contributed by atoms with van der Waals surface area (Å²) in [6, 6.07) is 0.445. The molecule has 1 unspecified atom stereocenters. The van der Waals surface area contributed by atoms with E-state index < -0.39 is 0 Å². The molecule has 0 saturated carbocycles. The summed E-state index contributed by atoms with van der Waals surface area (Å²) >= 11 is 0. The predicted molar refractivity (Wildman–Crippen MR) is 96.9 cm³/mol. The highest BCUT2D eigenvalue weighted by atomic mass is 35.5. The lowest BCUT2D eigenvalue weighted by Gasteiger charge is -2.42. The van der Waals surface area contributed by atoms with Gasteiger partial charge in [-0.15, -0.1) is 22.6 Å². The molecule has 4 rings (SSSR count). The van der Waals surface area contributed by atoms with Gasteiger partial charge in [0.1, 0.15) is 6.33 Å². The third-order valence-electron chi connectivity index (χ3n) is 5.16. The first-order chi connectivity index (χ1) is 11.3. The van der Waals surface area contributed by atoms with Gasteiger partial charge in [-0.1, -0.05) is 0 Å². The Morgan fingerprint density at radius 1 is 1.25 bits per heavy atom.